The lowest BCUT2D eigenvalue weighted by Gasteiger charge is -2.43. The first-order valence-electron chi connectivity index (χ1n) is 5.89. The van der Waals surface area contributed by atoms with Crippen molar-refractivity contribution in [1.82, 2.24) is 10.2 Å². The van der Waals surface area contributed by atoms with Gasteiger partial charge in [0, 0.05) is 6.54 Å². The van der Waals surface area contributed by atoms with E-state index in [1.54, 1.807) is 0 Å². The highest BCUT2D eigenvalue weighted by molar-refractivity contribution is 4.93. The molecule has 1 N–H and O–H groups in total. The van der Waals surface area contributed by atoms with Gasteiger partial charge in [0.1, 0.15) is 5.72 Å². The molecule has 0 aromatic heterocycles. The number of nitrogens with zero attached hydrogens (tertiary/aromatic N) is 1. The highest BCUT2D eigenvalue weighted by Crippen LogP contribution is 2.28. The minimum absolute atomic E-state index is 0.0869. The van der Waals surface area contributed by atoms with E-state index < -0.39 is 0 Å². The third-order valence-electron chi connectivity index (χ3n) is 3.64. The fourth-order valence-electron chi connectivity index (χ4n) is 2.82. The normalized spacial score (nSPS) is 40.3. The van der Waals surface area contributed by atoms with Gasteiger partial charge in [-0.1, -0.05) is 13.3 Å². The van der Waals surface area contributed by atoms with E-state index in [1.807, 2.05) is 0 Å². The van der Waals surface area contributed by atoms with Gasteiger partial charge in [0.15, 0.2) is 0 Å². The molecule has 0 spiro atoms. The minimum atomic E-state index is -0.0869. The van der Waals surface area contributed by atoms with E-state index in [4.69, 9.17) is 4.74 Å². The van der Waals surface area contributed by atoms with Crippen LogP contribution in [0.2, 0.25) is 0 Å². The summed E-state index contributed by atoms with van der Waals surface area (Å²) in [7, 11) is 0. The van der Waals surface area contributed by atoms with Crippen molar-refractivity contribution in [2.24, 2.45) is 0 Å². The third-order valence-corrected chi connectivity index (χ3v) is 3.64. The largest absolute Gasteiger partial charge is 0.358 e. The third kappa shape index (κ3) is 1.81. The molecule has 0 aromatic rings. The minimum Gasteiger partial charge on any atom is -0.358 e. The maximum atomic E-state index is 5.86. The molecular weight excluding hydrogens is 176 g/mol. The summed E-state index contributed by atoms with van der Waals surface area (Å²) < 4.78 is 5.86. The van der Waals surface area contributed by atoms with Crippen molar-refractivity contribution in [2.75, 3.05) is 26.2 Å². The Labute approximate surface area is 86.8 Å². The molecule has 2 saturated heterocycles. The van der Waals surface area contributed by atoms with Crippen molar-refractivity contribution in [2.45, 2.75) is 44.9 Å². The zero-order valence-corrected chi connectivity index (χ0v) is 9.38. The van der Waals surface area contributed by atoms with E-state index in [2.05, 4.69) is 24.1 Å². The van der Waals surface area contributed by atoms with Crippen LogP contribution >= 0.6 is 0 Å². The van der Waals surface area contributed by atoms with Crippen LogP contribution in [0.25, 0.3) is 0 Å². The van der Waals surface area contributed by atoms with Crippen molar-refractivity contribution in [1.29, 1.82) is 0 Å². The Morgan fingerprint density at radius 3 is 3.00 bits per heavy atom. The molecule has 3 heteroatoms. The molecule has 0 saturated carbocycles. The first-order chi connectivity index (χ1) is 6.76. The highest BCUT2D eigenvalue weighted by Gasteiger charge is 2.41. The van der Waals surface area contributed by atoms with Crippen LogP contribution in [0.15, 0.2) is 0 Å². The summed E-state index contributed by atoms with van der Waals surface area (Å²) in [6, 6.07) is 0.573. The molecule has 2 aliphatic rings. The first kappa shape index (κ1) is 10.4. The van der Waals surface area contributed by atoms with E-state index in [0.717, 1.165) is 19.7 Å². The number of likely N-dealkylation sites (tertiary alicyclic amines) is 1. The van der Waals surface area contributed by atoms with E-state index in [1.165, 1.54) is 25.8 Å². The fourth-order valence-corrected chi connectivity index (χ4v) is 2.82. The second kappa shape index (κ2) is 4.17. The molecule has 0 radical (unpaired) electrons. The average Bonchev–Trinajstić information content (AvgIpc) is 2.66. The lowest BCUT2D eigenvalue weighted by molar-refractivity contribution is -0.0768. The second-order valence-electron chi connectivity index (χ2n) is 4.52. The molecule has 2 rings (SSSR count). The molecule has 3 nitrogen and oxygen atoms in total. The van der Waals surface area contributed by atoms with Gasteiger partial charge in [-0.2, -0.15) is 0 Å². The zero-order chi connectivity index (χ0) is 10.0. The van der Waals surface area contributed by atoms with Gasteiger partial charge < -0.3 is 4.74 Å². The van der Waals surface area contributed by atoms with Gasteiger partial charge in [-0.25, -0.2) is 0 Å². The van der Waals surface area contributed by atoms with Gasteiger partial charge in [0.2, 0.25) is 0 Å². The lowest BCUT2D eigenvalue weighted by Crippen LogP contribution is -2.58. The average molecular weight is 198 g/mol. The Kier molecular flexibility index (Phi) is 3.10. The van der Waals surface area contributed by atoms with Gasteiger partial charge in [-0.15, -0.1) is 0 Å². The Morgan fingerprint density at radius 1 is 1.50 bits per heavy atom. The quantitative estimate of drug-likeness (QED) is 0.721. The number of piperidine rings is 1. The molecule has 2 fully saturated rings. The molecule has 2 unspecified atom stereocenters. The summed E-state index contributed by atoms with van der Waals surface area (Å²) in [5.41, 5.74) is -0.0869. The highest BCUT2D eigenvalue weighted by atomic mass is 16.5. The molecule has 0 aromatic carbocycles. The Hall–Kier alpha value is -0.120. The van der Waals surface area contributed by atoms with Crippen molar-refractivity contribution in [3.05, 3.63) is 0 Å². The van der Waals surface area contributed by atoms with Crippen LogP contribution in [-0.2, 0) is 4.74 Å². The number of hydrogen-bond acceptors (Lipinski definition) is 3. The predicted molar refractivity (Wildman–Crippen MR) is 57.2 cm³/mol. The molecule has 82 valence electrons. The van der Waals surface area contributed by atoms with Crippen LogP contribution in [0.5, 0.6) is 0 Å². The van der Waals surface area contributed by atoms with E-state index in [0.29, 0.717) is 6.04 Å². The maximum Gasteiger partial charge on any atom is 0.132 e. The Morgan fingerprint density at radius 2 is 2.36 bits per heavy atom. The Balaban J connectivity index is 2.05. The van der Waals surface area contributed by atoms with Crippen LogP contribution in [0.1, 0.15) is 33.1 Å². The van der Waals surface area contributed by atoms with Gasteiger partial charge in [-0.3, -0.25) is 10.2 Å². The van der Waals surface area contributed by atoms with Crippen LogP contribution in [0.3, 0.4) is 0 Å². The van der Waals surface area contributed by atoms with Crippen LogP contribution < -0.4 is 5.32 Å². The van der Waals surface area contributed by atoms with E-state index >= 15 is 0 Å². The number of nitrogens with one attached hydrogen (secondary N) is 1. The summed E-state index contributed by atoms with van der Waals surface area (Å²) >= 11 is 0. The predicted octanol–water partition coefficient (Wildman–Crippen LogP) is 1.20. The molecule has 14 heavy (non-hydrogen) atoms. The van der Waals surface area contributed by atoms with Gasteiger partial charge in [0.25, 0.3) is 0 Å². The van der Waals surface area contributed by atoms with E-state index in [9.17, 15) is 0 Å². The molecular formula is C11H22N2O. The lowest BCUT2D eigenvalue weighted by atomic mass is 9.94. The first-order valence-corrected chi connectivity index (χ1v) is 5.89. The summed E-state index contributed by atoms with van der Waals surface area (Å²) in [6.45, 7) is 8.71. The van der Waals surface area contributed by atoms with E-state index in [-0.39, 0.29) is 5.72 Å². The van der Waals surface area contributed by atoms with Crippen LogP contribution in [0, 0.1) is 0 Å². The van der Waals surface area contributed by atoms with Crippen molar-refractivity contribution in [3.8, 4) is 0 Å². The van der Waals surface area contributed by atoms with Crippen molar-refractivity contribution >= 4 is 0 Å². The summed E-state index contributed by atoms with van der Waals surface area (Å²) in [6.07, 6.45) is 3.97. The molecule has 0 bridgehead atoms. The van der Waals surface area contributed by atoms with Crippen LogP contribution in [-0.4, -0.2) is 42.9 Å². The van der Waals surface area contributed by atoms with Gasteiger partial charge in [-0.05, 0) is 32.9 Å². The smallest absolute Gasteiger partial charge is 0.132 e. The number of hydrogen-bond donors (Lipinski definition) is 1. The standard InChI is InChI=1S/C11H22N2O/c1-3-13-8-5-4-6-10(13)11(2)12-7-9-14-11/h10,12H,3-9H2,1-2H3. The number of rotatable bonds is 2. The monoisotopic (exact) mass is 198 g/mol. The fraction of sp³-hybridized carbons (Fsp3) is 1.00. The van der Waals surface area contributed by atoms with Crippen LogP contribution in [0.4, 0.5) is 0 Å². The summed E-state index contributed by atoms with van der Waals surface area (Å²) in [5.74, 6) is 0. The van der Waals surface area contributed by atoms with Gasteiger partial charge in [0.05, 0.1) is 12.6 Å². The summed E-state index contributed by atoms with van der Waals surface area (Å²) in [5, 5.41) is 3.50. The molecule has 0 aliphatic carbocycles. The Bertz CT molecular complexity index is 190. The molecule has 2 heterocycles. The number of ether oxygens (including phenoxy) is 1. The molecule has 0 amide bonds. The SMILES string of the molecule is CCN1CCCCC1C1(C)NCCO1. The van der Waals surface area contributed by atoms with Gasteiger partial charge >= 0.3 is 0 Å². The zero-order valence-electron chi connectivity index (χ0n) is 9.38. The molecule has 2 atom stereocenters. The molecule has 2 aliphatic heterocycles. The topological polar surface area (TPSA) is 24.5 Å². The summed E-state index contributed by atoms with van der Waals surface area (Å²) in [4.78, 5) is 2.56. The number of likely N-dealkylation sites (N-methyl/N-ethyl adjacent to an activating group) is 1. The maximum absolute atomic E-state index is 5.86. The van der Waals surface area contributed by atoms with Crippen molar-refractivity contribution in [3.63, 3.8) is 0 Å². The second-order valence-corrected chi connectivity index (χ2v) is 4.52. The van der Waals surface area contributed by atoms with Crippen molar-refractivity contribution < 1.29 is 4.74 Å².